The summed E-state index contributed by atoms with van der Waals surface area (Å²) in [5.41, 5.74) is 0.706. The van der Waals surface area contributed by atoms with E-state index in [1.165, 1.54) is 4.90 Å². The maximum absolute atomic E-state index is 12.6. The van der Waals surface area contributed by atoms with Crippen molar-refractivity contribution in [1.82, 2.24) is 4.90 Å². The molecule has 0 N–H and O–H groups in total. The van der Waals surface area contributed by atoms with Gasteiger partial charge in [0.25, 0.3) is 5.91 Å². The van der Waals surface area contributed by atoms with Gasteiger partial charge in [0.05, 0.1) is 10.8 Å². The average Bonchev–Trinajstić information content (AvgIpc) is 2.37. The number of amides is 2. The third-order valence-corrected chi connectivity index (χ3v) is 4.49. The number of hydrogen-bond donors (Lipinski definition) is 1. The van der Waals surface area contributed by atoms with Crippen molar-refractivity contribution in [3.8, 4) is 0 Å². The Hall–Kier alpha value is -1.29. The summed E-state index contributed by atoms with van der Waals surface area (Å²) in [6, 6.07) is 7.31. The Morgan fingerprint density at radius 2 is 1.74 bits per heavy atom. The standard InChI is InChI=1S/C15H19NO2S/c1-9(2)13(19)16-12(17)10-7-5-6-8-11(10)15(3,4)14(16)18/h5-9,13,19H,1-4H3. The van der Waals surface area contributed by atoms with E-state index in [2.05, 4.69) is 12.6 Å². The van der Waals surface area contributed by atoms with Gasteiger partial charge in [-0.1, -0.05) is 32.0 Å². The van der Waals surface area contributed by atoms with Gasteiger partial charge in [0.1, 0.15) is 0 Å². The van der Waals surface area contributed by atoms with Crippen LogP contribution in [-0.4, -0.2) is 22.1 Å². The minimum absolute atomic E-state index is 0.109. The van der Waals surface area contributed by atoms with Crippen molar-refractivity contribution in [2.24, 2.45) is 5.92 Å². The quantitative estimate of drug-likeness (QED) is 0.666. The summed E-state index contributed by atoms with van der Waals surface area (Å²) in [6.07, 6.45) is 0. The van der Waals surface area contributed by atoms with Gasteiger partial charge >= 0.3 is 0 Å². The Morgan fingerprint density at radius 1 is 1.16 bits per heavy atom. The molecule has 19 heavy (non-hydrogen) atoms. The van der Waals surface area contributed by atoms with Gasteiger partial charge in [0, 0.05) is 5.56 Å². The molecule has 0 saturated heterocycles. The first-order chi connectivity index (χ1) is 8.78. The molecule has 0 saturated carbocycles. The molecule has 0 bridgehead atoms. The number of hydrogen-bond acceptors (Lipinski definition) is 3. The Bertz CT molecular complexity index is 537. The fraction of sp³-hybridized carbons (Fsp3) is 0.467. The molecule has 0 aromatic heterocycles. The summed E-state index contributed by atoms with van der Waals surface area (Å²) in [5, 5.41) is -0.396. The van der Waals surface area contributed by atoms with Crippen molar-refractivity contribution < 1.29 is 9.59 Å². The molecular formula is C15H19NO2S. The first-order valence-electron chi connectivity index (χ1n) is 6.44. The summed E-state index contributed by atoms with van der Waals surface area (Å²) in [5.74, 6) is -0.309. The van der Waals surface area contributed by atoms with Gasteiger partial charge in [-0.25, -0.2) is 0 Å². The molecule has 1 aliphatic heterocycles. The number of carbonyl (C=O) groups excluding carboxylic acids is 2. The largest absolute Gasteiger partial charge is 0.273 e. The molecule has 1 heterocycles. The van der Waals surface area contributed by atoms with Crippen LogP contribution in [0.4, 0.5) is 0 Å². The number of nitrogens with zero attached hydrogens (tertiary/aromatic N) is 1. The summed E-state index contributed by atoms with van der Waals surface area (Å²) < 4.78 is 0. The van der Waals surface area contributed by atoms with E-state index in [4.69, 9.17) is 0 Å². The molecule has 2 rings (SSSR count). The van der Waals surface area contributed by atoms with Crippen LogP contribution < -0.4 is 0 Å². The van der Waals surface area contributed by atoms with Crippen molar-refractivity contribution in [3.63, 3.8) is 0 Å². The maximum Gasteiger partial charge on any atom is 0.261 e. The van der Waals surface area contributed by atoms with Crippen LogP contribution in [0.15, 0.2) is 24.3 Å². The maximum atomic E-state index is 12.6. The van der Waals surface area contributed by atoms with Crippen molar-refractivity contribution in [2.75, 3.05) is 0 Å². The van der Waals surface area contributed by atoms with Crippen molar-refractivity contribution >= 4 is 24.4 Å². The monoisotopic (exact) mass is 277 g/mol. The van der Waals surface area contributed by atoms with E-state index in [0.29, 0.717) is 5.56 Å². The van der Waals surface area contributed by atoms with Crippen LogP contribution in [-0.2, 0) is 10.2 Å². The first kappa shape index (κ1) is 14.1. The minimum atomic E-state index is -0.694. The zero-order valence-electron chi connectivity index (χ0n) is 11.7. The summed E-state index contributed by atoms with van der Waals surface area (Å²) in [4.78, 5) is 26.4. The molecule has 102 valence electrons. The van der Waals surface area contributed by atoms with Crippen molar-refractivity contribution in [2.45, 2.75) is 38.5 Å². The van der Waals surface area contributed by atoms with Gasteiger partial charge in [0.15, 0.2) is 0 Å². The minimum Gasteiger partial charge on any atom is -0.273 e. The molecule has 0 fully saturated rings. The topological polar surface area (TPSA) is 37.4 Å². The zero-order chi connectivity index (χ0) is 14.4. The third kappa shape index (κ3) is 2.08. The van der Waals surface area contributed by atoms with Crippen molar-refractivity contribution in [1.29, 1.82) is 0 Å². The van der Waals surface area contributed by atoms with Crippen LogP contribution in [0.1, 0.15) is 43.6 Å². The van der Waals surface area contributed by atoms with Gasteiger partial charge in [-0.15, -0.1) is 0 Å². The van der Waals surface area contributed by atoms with Crippen molar-refractivity contribution in [3.05, 3.63) is 35.4 Å². The zero-order valence-corrected chi connectivity index (χ0v) is 12.6. The van der Waals surface area contributed by atoms with Gasteiger partial charge in [-0.3, -0.25) is 14.5 Å². The second-order valence-corrected chi connectivity index (χ2v) is 6.34. The molecule has 3 nitrogen and oxygen atoms in total. The highest BCUT2D eigenvalue weighted by atomic mass is 32.1. The van der Waals surface area contributed by atoms with E-state index in [9.17, 15) is 9.59 Å². The molecule has 1 unspecified atom stereocenters. The van der Waals surface area contributed by atoms with Crippen LogP contribution in [0.25, 0.3) is 0 Å². The smallest absolute Gasteiger partial charge is 0.261 e. The van der Waals surface area contributed by atoms with Crippen LogP contribution in [0.5, 0.6) is 0 Å². The summed E-state index contributed by atoms with van der Waals surface area (Å²) in [6.45, 7) is 7.61. The SMILES string of the molecule is CC(C)C(S)N1C(=O)c2ccccc2C(C)(C)C1=O. The first-order valence-corrected chi connectivity index (χ1v) is 6.95. The number of benzene rings is 1. The van der Waals surface area contributed by atoms with Gasteiger partial charge in [-0.2, -0.15) is 12.6 Å². The Morgan fingerprint density at radius 3 is 2.32 bits per heavy atom. The number of imide groups is 1. The number of carbonyl (C=O) groups is 2. The van der Waals surface area contributed by atoms with Gasteiger partial charge < -0.3 is 0 Å². The highest BCUT2D eigenvalue weighted by Gasteiger charge is 2.46. The van der Waals surface area contributed by atoms with Gasteiger partial charge in [-0.05, 0) is 31.4 Å². The van der Waals surface area contributed by atoms with Crippen LogP contribution in [0, 0.1) is 5.92 Å². The third-order valence-electron chi connectivity index (χ3n) is 3.66. The average molecular weight is 277 g/mol. The van der Waals surface area contributed by atoms with E-state index < -0.39 is 10.8 Å². The second kappa shape index (κ2) is 4.67. The van der Waals surface area contributed by atoms with E-state index in [1.807, 2.05) is 45.9 Å². The lowest BCUT2D eigenvalue weighted by molar-refractivity contribution is -0.135. The number of thiol groups is 1. The molecule has 0 aliphatic carbocycles. The Kier molecular flexibility index (Phi) is 3.47. The highest BCUT2D eigenvalue weighted by molar-refractivity contribution is 7.81. The van der Waals surface area contributed by atoms with Gasteiger partial charge in [0.2, 0.25) is 5.91 Å². The molecule has 0 spiro atoms. The Labute approximate surface area is 119 Å². The molecule has 1 aliphatic rings. The highest BCUT2D eigenvalue weighted by Crippen LogP contribution is 2.36. The molecule has 1 atom stereocenters. The van der Waals surface area contributed by atoms with E-state index >= 15 is 0 Å². The predicted octanol–water partition coefficient (Wildman–Crippen LogP) is 2.86. The number of fused-ring (bicyclic) bond motifs is 1. The van der Waals surface area contributed by atoms with Crippen LogP contribution in [0.2, 0.25) is 0 Å². The molecule has 4 heteroatoms. The summed E-state index contributed by atoms with van der Waals surface area (Å²) >= 11 is 4.44. The lowest BCUT2D eigenvalue weighted by atomic mass is 9.77. The molecule has 0 radical (unpaired) electrons. The van der Waals surface area contributed by atoms with E-state index in [1.54, 1.807) is 6.07 Å². The Balaban J connectivity index is 2.59. The summed E-state index contributed by atoms with van der Waals surface area (Å²) in [7, 11) is 0. The van der Waals surface area contributed by atoms with Crippen LogP contribution in [0.3, 0.4) is 0 Å². The second-order valence-electron chi connectivity index (χ2n) is 5.81. The normalized spacial score (nSPS) is 19.6. The molecule has 1 aromatic carbocycles. The van der Waals surface area contributed by atoms with Crippen LogP contribution >= 0.6 is 12.6 Å². The van der Waals surface area contributed by atoms with E-state index in [0.717, 1.165) is 5.56 Å². The lowest BCUT2D eigenvalue weighted by Gasteiger charge is -2.40. The fourth-order valence-electron chi connectivity index (χ4n) is 2.39. The molecule has 2 amide bonds. The molecular weight excluding hydrogens is 258 g/mol. The fourth-order valence-corrected chi connectivity index (χ4v) is 2.60. The lowest BCUT2D eigenvalue weighted by Crippen LogP contribution is -2.55. The van der Waals surface area contributed by atoms with E-state index in [-0.39, 0.29) is 17.7 Å². The number of rotatable bonds is 2. The molecule has 1 aromatic rings. The predicted molar refractivity (Wildman–Crippen MR) is 78.3 cm³/mol.